The molecule has 5 aromatic rings. The number of likely N-dealkylation sites (tertiary alicyclic amines) is 2. The first-order valence-corrected chi connectivity index (χ1v) is 21.2. The van der Waals surface area contributed by atoms with Gasteiger partial charge in [-0.15, -0.1) is 0 Å². The Morgan fingerprint density at radius 3 is 1.86 bits per heavy atom. The highest BCUT2D eigenvalue weighted by atomic mass is 16.5. The van der Waals surface area contributed by atoms with Crippen molar-refractivity contribution in [3.63, 3.8) is 0 Å². The quantitative estimate of drug-likeness (QED) is 0.0982. The fraction of sp³-hybridized carbons (Fsp3) is 0.426. The summed E-state index contributed by atoms with van der Waals surface area (Å²) < 4.78 is 6.34. The average Bonchev–Trinajstić information content (AvgIpc) is 4.09. The Hall–Kier alpha value is -5.75. The Bertz CT molecular complexity index is 2220. The number of nitrogens with zero attached hydrogens (tertiary/aromatic N) is 4. The number of aromatic amines is 2. The first-order chi connectivity index (χ1) is 28.6. The second kappa shape index (κ2) is 17.6. The molecule has 2 saturated heterocycles. The molecule has 0 radical (unpaired) electrons. The minimum Gasteiger partial charge on any atom is -0.465 e. The molecule has 4 heterocycles. The summed E-state index contributed by atoms with van der Waals surface area (Å²) in [6.45, 7) is 8.19. The molecule has 1 saturated carbocycles. The maximum absolute atomic E-state index is 13.7. The van der Waals surface area contributed by atoms with Gasteiger partial charge in [-0.25, -0.2) is 14.8 Å². The smallest absolute Gasteiger partial charge is 0.405 e. The van der Waals surface area contributed by atoms with E-state index in [1.165, 1.54) is 12.8 Å². The Labute approximate surface area is 345 Å². The summed E-state index contributed by atoms with van der Waals surface area (Å²) in [5, 5.41) is 11.9. The molecule has 0 bridgehead atoms. The van der Waals surface area contributed by atoms with Crippen molar-refractivity contribution in [2.45, 2.75) is 89.9 Å². The number of carboxylic acid groups (broad SMARTS) is 1. The van der Waals surface area contributed by atoms with E-state index in [0.717, 1.165) is 78.1 Å². The minimum atomic E-state index is -1.25. The number of benzene rings is 3. The molecule has 2 aliphatic heterocycles. The zero-order chi connectivity index (χ0) is 41.0. The van der Waals surface area contributed by atoms with Crippen molar-refractivity contribution in [3.05, 3.63) is 108 Å². The van der Waals surface area contributed by atoms with Gasteiger partial charge < -0.3 is 34.9 Å². The Kier molecular flexibility index (Phi) is 12.0. The van der Waals surface area contributed by atoms with Crippen LogP contribution in [0.2, 0.25) is 0 Å². The zero-order valence-corrected chi connectivity index (χ0v) is 34.1. The molecular formula is C47H55N7O5. The van der Waals surface area contributed by atoms with E-state index in [1.807, 2.05) is 17.2 Å². The topological polar surface area (TPSA) is 157 Å². The van der Waals surface area contributed by atoms with Gasteiger partial charge in [0.1, 0.15) is 24.3 Å². The molecule has 1 aliphatic carbocycles. The van der Waals surface area contributed by atoms with Gasteiger partial charge in [0.25, 0.3) is 5.91 Å². The maximum atomic E-state index is 13.7. The van der Waals surface area contributed by atoms with Crippen LogP contribution in [0.4, 0.5) is 4.79 Å². The fourth-order valence-electron chi connectivity index (χ4n) is 9.44. The Balaban J connectivity index is 0.891. The standard InChI is InChI=1S/C47H55N7O5/c1-29(2)36-22-13-30(3)25-41(36)59-28-42(55)53-23-7-11-39(53)44-48-26-37(50-44)33-18-14-31(15-19-33)32-16-20-34(21-17-32)38-27-49-45(51-38)40-12-8-24-54(40)46(56)43(52-47(57)58)35-9-5-4-6-10-35/h4-6,9-10,14-21,26-27,29-30,36,39-41,43,52H,7-8,11-13,22-25,28H2,1-3H3,(H,48,50)(H,49,51)(H,57,58)/t30-,36+,39+,40+,41-,43-/m1/s1. The number of amides is 3. The van der Waals surface area contributed by atoms with Crippen LogP contribution in [0.25, 0.3) is 33.6 Å². The van der Waals surface area contributed by atoms with Gasteiger partial charge in [0.05, 0.1) is 42.0 Å². The van der Waals surface area contributed by atoms with Crippen molar-refractivity contribution in [1.29, 1.82) is 0 Å². The van der Waals surface area contributed by atoms with Gasteiger partial charge in [0.2, 0.25) is 5.91 Å². The molecule has 3 fully saturated rings. The second-order valence-electron chi connectivity index (χ2n) is 16.9. The van der Waals surface area contributed by atoms with Crippen molar-refractivity contribution in [2.24, 2.45) is 17.8 Å². The lowest BCUT2D eigenvalue weighted by atomic mass is 9.75. The van der Waals surface area contributed by atoms with Gasteiger partial charge >= 0.3 is 6.09 Å². The van der Waals surface area contributed by atoms with Crippen LogP contribution in [0.15, 0.2) is 91.3 Å². The van der Waals surface area contributed by atoms with E-state index in [-0.39, 0.29) is 36.6 Å². The molecule has 0 unspecified atom stereocenters. The van der Waals surface area contributed by atoms with Gasteiger partial charge in [-0.05, 0) is 84.1 Å². The van der Waals surface area contributed by atoms with Crippen LogP contribution in [0, 0.1) is 17.8 Å². The van der Waals surface area contributed by atoms with Crippen LogP contribution in [0.3, 0.4) is 0 Å². The van der Waals surface area contributed by atoms with E-state index in [2.05, 4.69) is 89.6 Å². The molecule has 12 nitrogen and oxygen atoms in total. The van der Waals surface area contributed by atoms with E-state index in [1.54, 1.807) is 35.4 Å². The molecule has 308 valence electrons. The lowest BCUT2D eigenvalue weighted by molar-refractivity contribution is -0.142. The summed E-state index contributed by atoms with van der Waals surface area (Å²) in [6.07, 6.45) is 9.32. The molecule has 0 spiro atoms. The summed E-state index contributed by atoms with van der Waals surface area (Å²) in [4.78, 5) is 58.9. The van der Waals surface area contributed by atoms with Crippen molar-refractivity contribution in [3.8, 4) is 33.6 Å². The molecule has 4 N–H and O–H groups in total. The van der Waals surface area contributed by atoms with E-state index >= 15 is 0 Å². The third kappa shape index (κ3) is 8.83. The maximum Gasteiger partial charge on any atom is 0.405 e. The number of H-pyrrole nitrogens is 2. The van der Waals surface area contributed by atoms with Crippen LogP contribution >= 0.6 is 0 Å². The van der Waals surface area contributed by atoms with Gasteiger partial charge in [0.15, 0.2) is 0 Å². The molecule has 59 heavy (non-hydrogen) atoms. The summed E-state index contributed by atoms with van der Waals surface area (Å²) in [6, 6.07) is 24.2. The normalized spacial score (nSPS) is 22.5. The number of nitrogens with one attached hydrogen (secondary N) is 3. The molecule has 3 amide bonds. The fourth-order valence-corrected chi connectivity index (χ4v) is 9.44. The largest absolute Gasteiger partial charge is 0.465 e. The molecule has 8 rings (SSSR count). The predicted molar refractivity (Wildman–Crippen MR) is 226 cm³/mol. The SMILES string of the molecule is CC(C)[C@@H]1CC[C@@H](C)C[C@H]1OCC(=O)N1CCC[C@H]1c1ncc(-c2ccc(-c3ccc(-c4cnc([C@@H]5CCCN5C(=O)[C@H](NC(=O)O)c5ccccc5)[nH]4)cc3)cc2)[nH]1. The van der Waals surface area contributed by atoms with E-state index in [0.29, 0.717) is 35.7 Å². The number of hydrogen-bond donors (Lipinski definition) is 4. The highest BCUT2D eigenvalue weighted by Gasteiger charge is 2.38. The molecule has 12 heteroatoms. The lowest BCUT2D eigenvalue weighted by Gasteiger charge is -2.37. The number of rotatable bonds is 12. The van der Waals surface area contributed by atoms with Crippen LogP contribution in [-0.4, -0.2) is 78.6 Å². The predicted octanol–water partition coefficient (Wildman–Crippen LogP) is 8.95. The van der Waals surface area contributed by atoms with Gasteiger partial charge in [-0.2, -0.15) is 0 Å². The summed E-state index contributed by atoms with van der Waals surface area (Å²) in [7, 11) is 0. The summed E-state index contributed by atoms with van der Waals surface area (Å²) >= 11 is 0. The number of hydrogen-bond acceptors (Lipinski definition) is 6. The van der Waals surface area contributed by atoms with Crippen molar-refractivity contribution >= 4 is 17.9 Å². The van der Waals surface area contributed by atoms with Gasteiger partial charge in [0, 0.05) is 13.1 Å². The molecule has 3 aliphatic rings. The molecular weight excluding hydrogens is 743 g/mol. The third-order valence-electron chi connectivity index (χ3n) is 12.7. The van der Waals surface area contributed by atoms with Gasteiger partial charge in [-0.1, -0.05) is 106 Å². The Morgan fingerprint density at radius 2 is 1.31 bits per heavy atom. The number of carbonyl (C=O) groups is 3. The van der Waals surface area contributed by atoms with Crippen molar-refractivity contribution < 1.29 is 24.2 Å². The number of aromatic nitrogens is 4. The lowest BCUT2D eigenvalue weighted by Crippen LogP contribution is -2.42. The number of imidazole rings is 2. The van der Waals surface area contributed by atoms with E-state index in [4.69, 9.17) is 9.72 Å². The number of ether oxygens (including phenoxy) is 1. The zero-order valence-electron chi connectivity index (χ0n) is 34.1. The first kappa shape index (κ1) is 40.0. The highest BCUT2D eigenvalue weighted by molar-refractivity contribution is 5.87. The minimum absolute atomic E-state index is 0.0476. The molecule has 2 aromatic heterocycles. The van der Waals surface area contributed by atoms with Gasteiger partial charge in [-0.3, -0.25) is 9.59 Å². The Morgan fingerprint density at radius 1 is 0.763 bits per heavy atom. The highest BCUT2D eigenvalue weighted by Crippen LogP contribution is 2.37. The van der Waals surface area contributed by atoms with E-state index in [9.17, 15) is 19.5 Å². The van der Waals surface area contributed by atoms with Crippen molar-refractivity contribution in [1.82, 2.24) is 35.1 Å². The third-order valence-corrected chi connectivity index (χ3v) is 12.7. The number of carbonyl (C=O) groups excluding carboxylic acids is 2. The first-order valence-electron chi connectivity index (χ1n) is 21.2. The van der Waals surface area contributed by atoms with Crippen LogP contribution < -0.4 is 5.32 Å². The van der Waals surface area contributed by atoms with Crippen LogP contribution in [0.1, 0.15) is 101 Å². The second-order valence-corrected chi connectivity index (χ2v) is 16.9. The summed E-state index contributed by atoms with van der Waals surface area (Å²) in [5.74, 6) is 2.94. The molecule has 6 atom stereocenters. The molecule has 3 aromatic carbocycles. The monoisotopic (exact) mass is 797 g/mol. The van der Waals surface area contributed by atoms with E-state index < -0.39 is 12.1 Å². The van der Waals surface area contributed by atoms with Crippen LogP contribution in [-0.2, 0) is 14.3 Å². The average molecular weight is 798 g/mol. The van der Waals surface area contributed by atoms with Crippen molar-refractivity contribution in [2.75, 3.05) is 19.7 Å². The van der Waals surface area contributed by atoms with Crippen LogP contribution in [0.5, 0.6) is 0 Å². The summed E-state index contributed by atoms with van der Waals surface area (Å²) in [5.41, 5.74) is 6.49.